The van der Waals surface area contributed by atoms with Crippen molar-refractivity contribution in [2.24, 2.45) is 5.92 Å². The molecule has 24 heavy (non-hydrogen) atoms. The van der Waals surface area contributed by atoms with Crippen molar-refractivity contribution >= 4 is 0 Å². The molecule has 3 heterocycles. The lowest BCUT2D eigenvalue weighted by Crippen LogP contribution is -2.41. The van der Waals surface area contributed by atoms with E-state index in [1.807, 2.05) is 30.3 Å². The summed E-state index contributed by atoms with van der Waals surface area (Å²) in [7, 11) is 1.58. The molecule has 0 amide bonds. The first-order valence-electron chi connectivity index (χ1n) is 9.74. The summed E-state index contributed by atoms with van der Waals surface area (Å²) in [6.07, 6.45) is 11.5. The molecule has 3 saturated heterocycles. The average molecular weight is 334 g/mol. The molecule has 1 saturated carbocycles. The fourth-order valence-electron chi connectivity index (χ4n) is 3.68. The first-order chi connectivity index (χ1) is 11.8. The summed E-state index contributed by atoms with van der Waals surface area (Å²) in [5.41, 5.74) is 0.898. The third-order valence-electron chi connectivity index (χ3n) is 5.32. The zero-order valence-corrected chi connectivity index (χ0v) is 15.3. The van der Waals surface area contributed by atoms with Crippen molar-refractivity contribution in [1.82, 2.24) is 4.90 Å². The second-order valence-electron chi connectivity index (χ2n) is 7.22. The predicted octanol–water partition coefficient (Wildman–Crippen LogP) is 4.42. The van der Waals surface area contributed by atoms with Crippen LogP contribution < -0.4 is 0 Å². The molecule has 4 fully saturated rings. The summed E-state index contributed by atoms with van der Waals surface area (Å²) in [6.45, 7) is 4.53. The summed E-state index contributed by atoms with van der Waals surface area (Å²) in [4.78, 5) is 2.58. The van der Waals surface area contributed by atoms with Crippen LogP contribution in [-0.2, 0) is 4.74 Å². The van der Waals surface area contributed by atoms with Crippen LogP contribution in [0, 0.1) is 5.92 Å². The lowest BCUT2D eigenvalue weighted by molar-refractivity contribution is 0.0644. The fourth-order valence-corrected chi connectivity index (χ4v) is 3.68. The third-order valence-corrected chi connectivity index (χ3v) is 5.32. The molecule has 0 spiro atoms. The Bertz CT molecular complexity index is 380. The van der Waals surface area contributed by atoms with Crippen LogP contribution in [0.3, 0.4) is 0 Å². The number of aliphatic hydroxyl groups is 1. The van der Waals surface area contributed by atoms with Gasteiger partial charge in [0.25, 0.3) is 0 Å². The van der Waals surface area contributed by atoms with Gasteiger partial charge in [0.05, 0.1) is 6.61 Å². The number of rotatable bonds is 3. The molecule has 3 heteroatoms. The van der Waals surface area contributed by atoms with E-state index < -0.39 is 6.10 Å². The van der Waals surface area contributed by atoms with Crippen LogP contribution in [0.5, 0.6) is 0 Å². The van der Waals surface area contributed by atoms with Gasteiger partial charge in [0.15, 0.2) is 0 Å². The van der Waals surface area contributed by atoms with Crippen molar-refractivity contribution in [1.29, 1.82) is 0 Å². The summed E-state index contributed by atoms with van der Waals surface area (Å²) in [5, 5.41) is 9.40. The van der Waals surface area contributed by atoms with E-state index in [0.29, 0.717) is 6.61 Å². The Kier molecular flexibility index (Phi) is 9.40. The highest BCUT2D eigenvalue weighted by Gasteiger charge is 2.24. The predicted molar refractivity (Wildman–Crippen MR) is 100 cm³/mol. The van der Waals surface area contributed by atoms with Gasteiger partial charge < -0.3 is 14.7 Å². The molecule has 3 aliphatic heterocycles. The Morgan fingerprint density at radius 1 is 0.958 bits per heavy atom. The number of benzene rings is 1. The van der Waals surface area contributed by atoms with Gasteiger partial charge in [-0.25, -0.2) is 0 Å². The zero-order chi connectivity index (χ0) is 17.0. The Morgan fingerprint density at radius 2 is 1.46 bits per heavy atom. The van der Waals surface area contributed by atoms with E-state index in [1.54, 1.807) is 7.11 Å². The molecule has 1 atom stereocenters. The van der Waals surface area contributed by atoms with E-state index in [1.165, 1.54) is 71.0 Å². The number of aliphatic hydroxyl groups excluding tert-OH is 1. The first kappa shape index (κ1) is 19.4. The second kappa shape index (κ2) is 11.6. The van der Waals surface area contributed by atoms with Gasteiger partial charge in [0.1, 0.15) is 6.10 Å². The van der Waals surface area contributed by atoms with Crippen molar-refractivity contribution in [2.45, 2.75) is 57.5 Å². The molecule has 136 valence electrons. The monoisotopic (exact) mass is 333 g/mol. The molecule has 0 radical (unpaired) electrons. The summed E-state index contributed by atoms with van der Waals surface area (Å²) in [5.74, 6) is 1.11. The summed E-state index contributed by atoms with van der Waals surface area (Å²) >= 11 is 0. The van der Waals surface area contributed by atoms with Gasteiger partial charge in [0.2, 0.25) is 0 Å². The van der Waals surface area contributed by atoms with Gasteiger partial charge in [-0.15, -0.1) is 0 Å². The van der Waals surface area contributed by atoms with Crippen molar-refractivity contribution in [3.05, 3.63) is 35.9 Å². The molecule has 4 aliphatic rings. The molecule has 0 aromatic heterocycles. The highest BCUT2D eigenvalue weighted by molar-refractivity contribution is 5.17. The van der Waals surface area contributed by atoms with Crippen molar-refractivity contribution in [3.8, 4) is 0 Å². The lowest BCUT2D eigenvalue weighted by Gasteiger charge is -2.38. The fraction of sp³-hybridized carbons (Fsp3) is 0.714. The van der Waals surface area contributed by atoms with E-state index in [9.17, 15) is 5.11 Å². The Morgan fingerprint density at radius 3 is 1.79 bits per heavy atom. The van der Waals surface area contributed by atoms with Crippen LogP contribution in [0.1, 0.15) is 63.0 Å². The molecule has 1 aromatic carbocycles. The Hall–Kier alpha value is -0.900. The van der Waals surface area contributed by atoms with Gasteiger partial charge in [-0.2, -0.15) is 0 Å². The third kappa shape index (κ3) is 7.33. The van der Waals surface area contributed by atoms with E-state index in [2.05, 4.69) is 4.90 Å². The molecule has 1 aromatic rings. The quantitative estimate of drug-likeness (QED) is 0.889. The van der Waals surface area contributed by atoms with Crippen molar-refractivity contribution < 1.29 is 9.84 Å². The maximum absolute atomic E-state index is 9.40. The number of nitrogens with zero attached hydrogens (tertiary/aromatic N) is 1. The number of ether oxygens (including phenoxy) is 1. The molecular weight excluding hydrogens is 298 g/mol. The highest BCUT2D eigenvalue weighted by Crippen LogP contribution is 2.26. The summed E-state index contributed by atoms with van der Waals surface area (Å²) in [6, 6.07) is 9.47. The van der Waals surface area contributed by atoms with Crippen LogP contribution in [0.4, 0.5) is 0 Å². The number of piperidine rings is 3. The first-order valence-corrected chi connectivity index (χ1v) is 9.74. The van der Waals surface area contributed by atoms with Crippen LogP contribution >= 0.6 is 0 Å². The van der Waals surface area contributed by atoms with E-state index in [-0.39, 0.29) is 0 Å². The van der Waals surface area contributed by atoms with Gasteiger partial charge in [0, 0.05) is 7.11 Å². The normalized spacial score (nSPS) is 25.9. The van der Waals surface area contributed by atoms with Gasteiger partial charge >= 0.3 is 0 Å². The maximum Gasteiger partial charge on any atom is 0.102 e. The molecule has 1 N–H and O–H groups in total. The minimum absolute atomic E-state index is 0.351. The Balaban J connectivity index is 0.000000139. The molecule has 3 nitrogen and oxygen atoms in total. The van der Waals surface area contributed by atoms with Crippen molar-refractivity contribution in [3.63, 3.8) is 0 Å². The largest absolute Gasteiger partial charge is 0.386 e. The van der Waals surface area contributed by atoms with Crippen LogP contribution in [0.2, 0.25) is 0 Å². The molecular formula is C21H35NO2. The number of hydrogen-bond donors (Lipinski definition) is 1. The topological polar surface area (TPSA) is 32.7 Å². The lowest BCUT2D eigenvalue weighted by atomic mass is 9.89. The highest BCUT2D eigenvalue weighted by atomic mass is 16.5. The number of methoxy groups -OCH3 is 1. The van der Waals surface area contributed by atoms with Crippen LogP contribution in [0.15, 0.2) is 30.3 Å². The number of hydrogen-bond acceptors (Lipinski definition) is 3. The van der Waals surface area contributed by atoms with Gasteiger partial charge in [-0.05, 0) is 50.4 Å². The zero-order valence-electron chi connectivity index (χ0n) is 15.3. The Labute approximate surface area is 148 Å². The number of fused-ring (bicyclic) bond motifs is 3. The maximum atomic E-state index is 9.40. The van der Waals surface area contributed by atoms with Crippen LogP contribution in [-0.4, -0.2) is 43.4 Å². The molecule has 1 unspecified atom stereocenters. The summed E-state index contributed by atoms with van der Waals surface area (Å²) < 4.78 is 4.81. The molecule has 2 bridgehead atoms. The van der Waals surface area contributed by atoms with E-state index in [4.69, 9.17) is 4.74 Å². The SMILES string of the molecule is C1CCCC1.C1CN2CCC1CC2.COCC(O)c1ccccc1. The molecule has 5 rings (SSSR count). The van der Waals surface area contributed by atoms with E-state index >= 15 is 0 Å². The standard InChI is InChI=1S/C9H12O2.C7H13N.C5H10/c1-11-7-9(10)8-5-3-2-4-6-8;1-4-8-5-2-7(1)3-6-8;1-2-4-5-3-1/h2-6,9-10H,7H2,1H3;7H,1-6H2;1-5H2. The smallest absolute Gasteiger partial charge is 0.102 e. The van der Waals surface area contributed by atoms with Crippen LogP contribution in [0.25, 0.3) is 0 Å². The van der Waals surface area contributed by atoms with Gasteiger partial charge in [-0.3, -0.25) is 0 Å². The average Bonchev–Trinajstić information content (AvgIpc) is 3.25. The van der Waals surface area contributed by atoms with Gasteiger partial charge in [-0.1, -0.05) is 62.4 Å². The van der Waals surface area contributed by atoms with Crippen molar-refractivity contribution in [2.75, 3.05) is 33.4 Å². The second-order valence-corrected chi connectivity index (χ2v) is 7.22. The minimum atomic E-state index is -0.499. The minimum Gasteiger partial charge on any atom is -0.386 e. The van der Waals surface area contributed by atoms with E-state index in [0.717, 1.165) is 11.5 Å². The molecule has 1 aliphatic carbocycles.